The molecule has 2 aliphatic heterocycles. The first-order valence-electron chi connectivity index (χ1n) is 7.97. The third kappa shape index (κ3) is 5.72. The molecule has 0 radical (unpaired) electrons. The Labute approximate surface area is 159 Å². The van der Waals surface area contributed by atoms with E-state index >= 15 is 0 Å². The zero-order valence-corrected chi connectivity index (χ0v) is 16.0. The van der Waals surface area contributed by atoms with Crippen molar-refractivity contribution in [2.75, 3.05) is 24.6 Å². The topological polar surface area (TPSA) is 96.8 Å². The van der Waals surface area contributed by atoms with E-state index in [9.17, 15) is 21.6 Å². The summed E-state index contributed by atoms with van der Waals surface area (Å²) in [4.78, 5) is 13.1. The summed E-state index contributed by atoms with van der Waals surface area (Å²) in [5.41, 5.74) is 0. The van der Waals surface area contributed by atoms with Crippen LogP contribution in [0.3, 0.4) is 0 Å². The first-order valence-corrected chi connectivity index (χ1v) is 10.6. The highest BCUT2D eigenvalue weighted by atomic mass is 32.2. The molecule has 27 heavy (non-hydrogen) atoms. The van der Waals surface area contributed by atoms with Crippen molar-refractivity contribution in [3.05, 3.63) is 24.4 Å². The predicted octanol–water partition coefficient (Wildman–Crippen LogP) is 2.00. The van der Waals surface area contributed by atoms with Crippen molar-refractivity contribution in [3.8, 4) is 5.88 Å². The fraction of sp³-hybridized carbons (Fsp3) is 0.600. The number of thioether (sulfide) groups is 1. The van der Waals surface area contributed by atoms with Gasteiger partial charge in [-0.3, -0.25) is 0 Å². The monoisotopic (exact) mass is 428 g/mol. The molecule has 0 bridgehead atoms. The van der Waals surface area contributed by atoms with Gasteiger partial charge >= 0.3 is 12.1 Å². The summed E-state index contributed by atoms with van der Waals surface area (Å²) in [5, 5.41) is 7.12. The van der Waals surface area contributed by atoms with Gasteiger partial charge in [0.25, 0.3) is 0 Å². The summed E-state index contributed by atoms with van der Waals surface area (Å²) in [7, 11) is -3.03. The summed E-state index contributed by atoms with van der Waals surface area (Å²) < 4.78 is 62.8. The lowest BCUT2D eigenvalue weighted by atomic mass is 9.95. The zero-order chi connectivity index (χ0) is 20.3. The normalized spacial score (nSPS) is 21.9. The average Bonchev–Trinajstić information content (AvgIpc) is 2.98. The molecule has 0 aliphatic carbocycles. The number of rotatable bonds is 4. The maximum atomic E-state index is 11.8. The van der Waals surface area contributed by atoms with Gasteiger partial charge in [0.05, 0.1) is 5.75 Å². The highest BCUT2D eigenvalue weighted by Crippen LogP contribution is 2.46. The van der Waals surface area contributed by atoms with Crippen LogP contribution in [0.1, 0.15) is 13.3 Å². The second-order valence-electron chi connectivity index (χ2n) is 6.08. The Bertz CT molecular complexity index is 752. The van der Waals surface area contributed by atoms with Crippen LogP contribution in [0.5, 0.6) is 5.88 Å². The number of aromatic nitrogens is 1. The molecule has 0 aromatic carbocycles. The molecule has 1 aromatic heterocycles. The van der Waals surface area contributed by atoms with Gasteiger partial charge in [0, 0.05) is 42.3 Å². The van der Waals surface area contributed by atoms with E-state index in [0.29, 0.717) is 19.0 Å². The van der Waals surface area contributed by atoms with Crippen molar-refractivity contribution in [2.45, 2.75) is 30.4 Å². The smallest absolute Gasteiger partial charge is 0.475 e. The lowest BCUT2D eigenvalue weighted by molar-refractivity contribution is -0.192. The highest BCUT2D eigenvalue weighted by molar-refractivity contribution is 8.01. The van der Waals surface area contributed by atoms with E-state index in [1.165, 1.54) is 0 Å². The molecule has 7 nitrogen and oxygen atoms in total. The molecule has 3 heterocycles. The molecule has 1 atom stereocenters. The van der Waals surface area contributed by atoms with Gasteiger partial charge in [0.2, 0.25) is 15.9 Å². The Morgan fingerprint density at radius 3 is 2.56 bits per heavy atom. The van der Waals surface area contributed by atoms with Gasteiger partial charge in [-0.1, -0.05) is 6.07 Å². The molecule has 1 spiro atoms. The average molecular weight is 428 g/mol. The summed E-state index contributed by atoms with van der Waals surface area (Å²) >= 11 is 1.83. The van der Waals surface area contributed by atoms with Gasteiger partial charge in [0.1, 0.15) is 6.10 Å². The van der Waals surface area contributed by atoms with E-state index in [2.05, 4.69) is 4.98 Å². The van der Waals surface area contributed by atoms with Crippen LogP contribution in [0.4, 0.5) is 13.2 Å². The fourth-order valence-electron chi connectivity index (χ4n) is 2.66. The first-order chi connectivity index (χ1) is 12.5. The Morgan fingerprint density at radius 2 is 2.07 bits per heavy atom. The maximum absolute atomic E-state index is 11.8. The molecule has 3 rings (SSSR count). The van der Waals surface area contributed by atoms with Crippen LogP contribution in [0.2, 0.25) is 0 Å². The van der Waals surface area contributed by atoms with Gasteiger partial charge < -0.3 is 9.84 Å². The number of hydrogen-bond donors (Lipinski definition) is 1. The van der Waals surface area contributed by atoms with Crippen LogP contribution in [0.25, 0.3) is 0 Å². The van der Waals surface area contributed by atoms with Crippen molar-refractivity contribution in [2.24, 2.45) is 0 Å². The number of carboxylic acid groups (broad SMARTS) is 1. The zero-order valence-electron chi connectivity index (χ0n) is 14.3. The molecule has 2 saturated heterocycles. The summed E-state index contributed by atoms with van der Waals surface area (Å²) in [6, 6.07) is 5.61. The van der Waals surface area contributed by atoms with E-state index in [-0.39, 0.29) is 16.6 Å². The fourth-order valence-corrected chi connectivity index (χ4v) is 5.60. The second kappa shape index (κ2) is 8.23. The minimum Gasteiger partial charge on any atom is -0.475 e. The summed E-state index contributed by atoms with van der Waals surface area (Å²) in [6.07, 6.45) is -2.35. The van der Waals surface area contributed by atoms with E-state index < -0.39 is 22.2 Å². The van der Waals surface area contributed by atoms with E-state index in [4.69, 9.17) is 14.6 Å². The molecular formula is C15H19F3N2O5S2. The minimum atomic E-state index is -5.08. The van der Waals surface area contributed by atoms with Crippen LogP contribution in [0, 0.1) is 0 Å². The van der Waals surface area contributed by atoms with E-state index in [1.54, 1.807) is 17.4 Å². The van der Waals surface area contributed by atoms with Crippen molar-refractivity contribution in [3.63, 3.8) is 0 Å². The van der Waals surface area contributed by atoms with Crippen LogP contribution in [-0.4, -0.2) is 70.4 Å². The summed E-state index contributed by atoms with van der Waals surface area (Å²) in [6.45, 7) is 2.93. The van der Waals surface area contributed by atoms with Gasteiger partial charge in [-0.05, 0) is 13.0 Å². The number of halogens is 3. The lowest BCUT2D eigenvalue weighted by Gasteiger charge is -2.46. The number of hydrogen-bond acceptors (Lipinski definition) is 6. The standard InChI is InChI=1S/C13H18N2O3S2.C2HF3O2/c1-2-20(16,17)15-9-13(10-15)7-11(8-19-13)18-12-5-3-4-6-14-12;3-2(4,5)1(6)7/h3-6,11H,2,7-10H2,1H3;(H,6,7). The van der Waals surface area contributed by atoms with Crippen LogP contribution in [0.15, 0.2) is 24.4 Å². The highest BCUT2D eigenvalue weighted by Gasteiger charge is 2.52. The van der Waals surface area contributed by atoms with Gasteiger partial charge in [-0.25, -0.2) is 18.2 Å². The van der Waals surface area contributed by atoms with Crippen LogP contribution < -0.4 is 4.74 Å². The van der Waals surface area contributed by atoms with Crippen molar-refractivity contribution in [1.82, 2.24) is 9.29 Å². The number of carboxylic acids is 1. The molecule has 1 unspecified atom stereocenters. The van der Waals surface area contributed by atoms with Crippen LogP contribution in [-0.2, 0) is 14.8 Å². The van der Waals surface area contributed by atoms with E-state index in [1.807, 2.05) is 30.0 Å². The largest absolute Gasteiger partial charge is 0.490 e. The van der Waals surface area contributed by atoms with Gasteiger partial charge in [-0.2, -0.15) is 17.5 Å². The number of ether oxygens (including phenoxy) is 1. The number of aliphatic carboxylic acids is 1. The lowest BCUT2D eigenvalue weighted by Crippen LogP contribution is -2.61. The first kappa shape index (κ1) is 21.8. The molecule has 152 valence electrons. The predicted molar refractivity (Wildman–Crippen MR) is 93.2 cm³/mol. The molecule has 2 fully saturated rings. The molecule has 2 aliphatic rings. The Kier molecular flexibility index (Phi) is 6.63. The minimum absolute atomic E-state index is 0.0572. The number of sulfonamides is 1. The molecule has 12 heteroatoms. The Hall–Kier alpha value is -1.53. The SMILES string of the molecule is CCS(=O)(=O)N1CC2(CC(Oc3ccccn3)CS2)C1.O=C(O)C(F)(F)F. The molecule has 0 saturated carbocycles. The molecule has 0 amide bonds. The maximum Gasteiger partial charge on any atom is 0.490 e. The third-order valence-corrected chi connectivity index (χ3v) is 7.38. The summed E-state index contributed by atoms with van der Waals surface area (Å²) in [5.74, 6) is -1.03. The second-order valence-corrected chi connectivity index (χ2v) is 9.82. The number of alkyl halides is 3. The molecule has 1 N–H and O–H groups in total. The Morgan fingerprint density at radius 1 is 1.44 bits per heavy atom. The van der Waals surface area contributed by atoms with Crippen molar-refractivity contribution in [1.29, 1.82) is 0 Å². The molecule has 1 aromatic rings. The van der Waals surface area contributed by atoms with Crippen molar-refractivity contribution < 1.29 is 36.2 Å². The van der Waals surface area contributed by atoms with Crippen LogP contribution >= 0.6 is 11.8 Å². The number of nitrogens with zero attached hydrogens (tertiary/aromatic N) is 2. The van der Waals surface area contributed by atoms with Gasteiger partial charge in [0.15, 0.2) is 0 Å². The quantitative estimate of drug-likeness (QED) is 0.784. The Balaban J connectivity index is 0.000000321. The van der Waals surface area contributed by atoms with E-state index in [0.717, 1.165) is 12.2 Å². The van der Waals surface area contributed by atoms with Crippen molar-refractivity contribution >= 4 is 27.8 Å². The number of carbonyl (C=O) groups is 1. The number of pyridine rings is 1. The molecular weight excluding hydrogens is 409 g/mol. The third-order valence-electron chi connectivity index (χ3n) is 4.03. The van der Waals surface area contributed by atoms with Gasteiger partial charge in [-0.15, -0.1) is 11.8 Å².